The molecule has 0 saturated carbocycles. The van der Waals surface area contributed by atoms with E-state index in [0.29, 0.717) is 12.4 Å². The van der Waals surface area contributed by atoms with Crippen LogP contribution in [0.3, 0.4) is 0 Å². The van der Waals surface area contributed by atoms with Gasteiger partial charge in [-0.05, 0) is 30.5 Å². The lowest BCUT2D eigenvalue weighted by Crippen LogP contribution is -2.18. The van der Waals surface area contributed by atoms with Crippen LogP contribution in [0, 0.1) is 0 Å². The zero-order chi connectivity index (χ0) is 14.0. The van der Waals surface area contributed by atoms with Gasteiger partial charge in [-0.25, -0.2) is 0 Å². The van der Waals surface area contributed by atoms with E-state index < -0.39 is 11.9 Å². The highest BCUT2D eigenvalue weighted by molar-refractivity contribution is 5.92. The predicted molar refractivity (Wildman–Crippen MR) is 70.2 cm³/mol. The molecule has 1 aliphatic carbocycles. The molecule has 1 unspecified atom stereocenters. The molecule has 0 N–H and O–H groups in total. The second kappa shape index (κ2) is 5.26. The number of hydrogen-bond acceptors (Lipinski definition) is 4. The molecular formula is C15H16O4. The van der Waals surface area contributed by atoms with Crippen LogP contribution in [0.25, 0.3) is 5.57 Å². The number of benzene rings is 1. The van der Waals surface area contributed by atoms with Crippen LogP contribution in [0.5, 0.6) is 0 Å². The largest absolute Gasteiger partial charge is 0.465 e. The van der Waals surface area contributed by atoms with E-state index in [1.807, 2.05) is 31.2 Å². The van der Waals surface area contributed by atoms with E-state index in [4.69, 9.17) is 9.47 Å². The normalized spacial score (nSPS) is 17.1. The summed E-state index contributed by atoms with van der Waals surface area (Å²) in [6, 6.07) is 7.51. The van der Waals surface area contributed by atoms with Crippen LogP contribution in [0.2, 0.25) is 0 Å². The van der Waals surface area contributed by atoms with Crippen molar-refractivity contribution in [3.63, 3.8) is 0 Å². The Morgan fingerprint density at radius 1 is 1.26 bits per heavy atom. The molecule has 1 atom stereocenters. The van der Waals surface area contributed by atoms with Gasteiger partial charge in [-0.3, -0.25) is 9.59 Å². The van der Waals surface area contributed by atoms with Crippen molar-refractivity contribution in [2.24, 2.45) is 0 Å². The summed E-state index contributed by atoms with van der Waals surface area (Å²) in [5.74, 6) is -1.08. The van der Waals surface area contributed by atoms with Crippen LogP contribution in [0.15, 0.2) is 30.0 Å². The summed E-state index contributed by atoms with van der Waals surface area (Å²) >= 11 is 0. The number of esters is 2. The third-order valence-corrected chi connectivity index (χ3v) is 3.08. The summed E-state index contributed by atoms with van der Waals surface area (Å²) in [6.07, 6.45) is 0. The van der Waals surface area contributed by atoms with E-state index in [-0.39, 0.29) is 5.97 Å². The zero-order valence-corrected chi connectivity index (χ0v) is 11.2. The summed E-state index contributed by atoms with van der Waals surface area (Å²) in [7, 11) is 0. The Morgan fingerprint density at radius 3 is 2.58 bits per heavy atom. The van der Waals surface area contributed by atoms with Gasteiger partial charge < -0.3 is 9.47 Å². The highest BCUT2D eigenvalue weighted by atomic mass is 16.6. The second-order valence-corrected chi connectivity index (χ2v) is 4.36. The average Bonchev–Trinajstić information content (AvgIpc) is 2.63. The van der Waals surface area contributed by atoms with Gasteiger partial charge in [0.05, 0.1) is 6.61 Å². The third-order valence-electron chi connectivity index (χ3n) is 3.08. The Kier molecular flexibility index (Phi) is 3.69. The quantitative estimate of drug-likeness (QED) is 0.784. The molecule has 0 radical (unpaired) electrons. The van der Waals surface area contributed by atoms with Gasteiger partial charge in [0.2, 0.25) is 0 Å². The fraction of sp³-hybridized carbons (Fsp3) is 0.333. The van der Waals surface area contributed by atoms with Crippen LogP contribution < -0.4 is 0 Å². The number of allylic oxidation sites excluding steroid dienone is 1. The van der Waals surface area contributed by atoms with E-state index in [1.54, 1.807) is 6.92 Å². The van der Waals surface area contributed by atoms with Crippen molar-refractivity contribution >= 4 is 17.5 Å². The number of hydrogen-bond donors (Lipinski definition) is 0. The van der Waals surface area contributed by atoms with Crippen LogP contribution in [0.4, 0.5) is 0 Å². The molecule has 100 valence electrons. The molecule has 0 aliphatic heterocycles. The van der Waals surface area contributed by atoms with Gasteiger partial charge in [0.1, 0.15) is 11.7 Å². The van der Waals surface area contributed by atoms with Gasteiger partial charge in [0.25, 0.3) is 0 Å². The van der Waals surface area contributed by atoms with Crippen molar-refractivity contribution in [3.8, 4) is 0 Å². The maximum Gasteiger partial charge on any atom is 0.321 e. The molecule has 2 rings (SSSR count). The summed E-state index contributed by atoms with van der Waals surface area (Å²) in [5, 5.41) is 0. The lowest BCUT2D eigenvalue weighted by atomic mass is 10.00. The molecular weight excluding hydrogens is 244 g/mol. The third kappa shape index (κ3) is 2.38. The molecule has 0 aromatic heterocycles. The van der Waals surface area contributed by atoms with Crippen LogP contribution in [0.1, 0.15) is 37.8 Å². The molecule has 19 heavy (non-hydrogen) atoms. The van der Waals surface area contributed by atoms with Gasteiger partial charge in [0.15, 0.2) is 0 Å². The van der Waals surface area contributed by atoms with Crippen molar-refractivity contribution in [2.75, 3.05) is 6.61 Å². The number of ether oxygens (including phenoxy) is 2. The topological polar surface area (TPSA) is 52.6 Å². The number of fused-ring (bicyclic) bond motifs is 1. The SMILES string of the molecule is CCOC(=O)C1C(OC(C)=O)=C(C)c2ccccc21. The first-order valence-electron chi connectivity index (χ1n) is 6.21. The fourth-order valence-electron chi connectivity index (χ4n) is 2.33. The summed E-state index contributed by atoms with van der Waals surface area (Å²) in [5.41, 5.74) is 2.57. The Balaban J connectivity index is 2.47. The minimum absolute atomic E-state index is 0.296. The van der Waals surface area contributed by atoms with E-state index in [0.717, 1.165) is 16.7 Å². The van der Waals surface area contributed by atoms with E-state index in [2.05, 4.69) is 0 Å². The summed E-state index contributed by atoms with van der Waals surface area (Å²) in [4.78, 5) is 23.3. The van der Waals surface area contributed by atoms with E-state index >= 15 is 0 Å². The Morgan fingerprint density at radius 2 is 1.95 bits per heavy atom. The number of carbonyl (C=O) groups excluding carboxylic acids is 2. The smallest absolute Gasteiger partial charge is 0.321 e. The predicted octanol–water partition coefficient (Wildman–Crippen LogP) is 2.64. The van der Waals surface area contributed by atoms with Crippen molar-refractivity contribution in [3.05, 3.63) is 41.2 Å². The molecule has 4 heteroatoms. The molecule has 1 aromatic rings. The van der Waals surface area contributed by atoms with Crippen LogP contribution in [-0.2, 0) is 19.1 Å². The van der Waals surface area contributed by atoms with Gasteiger partial charge in [-0.2, -0.15) is 0 Å². The molecule has 0 saturated heterocycles. The van der Waals surface area contributed by atoms with Crippen molar-refractivity contribution < 1.29 is 19.1 Å². The van der Waals surface area contributed by atoms with Crippen LogP contribution in [-0.4, -0.2) is 18.5 Å². The highest BCUT2D eigenvalue weighted by Gasteiger charge is 2.37. The Labute approximate surface area is 112 Å². The second-order valence-electron chi connectivity index (χ2n) is 4.36. The zero-order valence-electron chi connectivity index (χ0n) is 11.2. The number of carbonyl (C=O) groups is 2. The van der Waals surface area contributed by atoms with Gasteiger partial charge in [-0.1, -0.05) is 24.3 Å². The van der Waals surface area contributed by atoms with Crippen molar-refractivity contribution in [1.29, 1.82) is 0 Å². The van der Waals surface area contributed by atoms with Crippen LogP contribution >= 0.6 is 0 Å². The average molecular weight is 260 g/mol. The number of rotatable bonds is 3. The Bertz CT molecular complexity index is 557. The molecule has 0 fully saturated rings. The van der Waals surface area contributed by atoms with E-state index in [1.165, 1.54) is 6.92 Å². The summed E-state index contributed by atoms with van der Waals surface area (Å²) in [6.45, 7) is 5.21. The van der Waals surface area contributed by atoms with E-state index in [9.17, 15) is 9.59 Å². The van der Waals surface area contributed by atoms with Gasteiger partial charge in [0, 0.05) is 6.92 Å². The minimum Gasteiger partial charge on any atom is -0.465 e. The first-order chi connectivity index (χ1) is 9.06. The monoisotopic (exact) mass is 260 g/mol. The molecule has 4 nitrogen and oxygen atoms in total. The molecule has 1 aromatic carbocycles. The highest BCUT2D eigenvalue weighted by Crippen LogP contribution is 2.42. The van der Waals surface area contributed by atoms with Crippen molar-refractivity contribution in [2.45, 2.75) is 26.7 Å². The minimum atomic E-state index is -0.639. The lowest BCUT2D eigenvalue weighted by Gasteiger charge is -2.14. The first-order valence-corrected chi connectivity index (χ1v) is 6.21. The lowest BCUT2D eigenvalue weighted by molar-refractivity contribution is -0.146. The van der Waals surface area contributed by atoms with Gasteiger partial charge >= 0.3 is 11.9 Å². The van der Waals surface area contributed by atoms with Crippen molar-refractivity contribution in [1.82, 2.24) is 0 Å². The molecule has 0 amide bonds. The Hall–Kier alpha value is -2.10. The van der Waals surface area contributed by atoms with Gasteiger partial charge in [-0.15, -0.1) is 0 Å². The molecule has 1 aliphatic rings. The standard InChI is InChI=1S/C15H16O4/c1-4-18-15(17)13-12-8-6-5-7-11(12)9(2)14(13)19-10(3)16/h5-8,13H,4H2,1-3H3. The maximum atomic E-state index is 12.1. The summed E-state index contributed by atoms with van der Waals surface area (Å²) < 4.78 is 10.3. The first kappa shape index (κ1) is 13.3. The molecule has 0 spiro atoms. The molecule has 0 heterocycles. The fourth-order valence-corrected chi connectivity index (χ4v) is 2.33. The molecule has 0 bridgehead atoms. The maximum absolute atomic E-state index is 12.1.